The fourth-order valence-corrected chi connectivity index (χ4v) is 4.14. The van der Waals surface area contributed by atoms with Crippen molar-refractivity contribution in [2.45, 2.75) is 36.6 Å². The van der Waals surface area contributed by atoms with Crippen LogP contribution in [-0.4, -0.2) is 26.9 Å². The molecular weight excluding hydrogens is 290 g/mol. The zero-order valence-corrected chi connectivity index (χ0v) is 12.6. The number of carbonyl (C=O) groups is 1. The highest BCUT2D eigenvalue weighted by atomic mass is 32.2. The van der Waals surface area contributed by atoms with Crippen LogP contribution in [0.5, 0.6) is 0 Å². The van der Waals surface area contributed by atoms with Crippen LogP contribution in [0, 0.1) is 5.92 Å². The molecule has 6 nitrogen and oxygen atoms in total. The smallest absolute Gasteiger partial charge is 0.248 e. The predicted octanol–water partition coefficient (Wildman–Crippen LogP) is 0.581. The number of hydrogen-bond acceptors (Lipinski definition) is 4. The number of carbonyl (C=O) groups excluding carboxylic acids is 1. The minimum atomic E-state index is -3.70. The van der Waals surface area contributed by atoms with E-state index in [9.17, 15) is 13.2 Å². The average molecular weight is 311 g/mol. The summed E-state index contributed by atoms with van der Waals surface area (Å²) in [4.78, 5) is 11.2. The minimum Gasteiger partial charge on any atom is -0.366 e. The van der Waals surface area contributed by atoms with Crippen molar-refractivity contribution in [3.8, 4) is 0 Å². The van der Waals surface area contributed by atoms with Gasteiger partial charge in [0.1, 0.15) is 0 Å². The fraction of sp³-hybridized carbons (Fsp3) is 0.500. The molecular formula is C14H21N3O3S. The second-order valence-corrected chi connectivity index (χ2v) is 7.11. The van der Waals surface area contributed by atoms with Crippen molar-refractivity contribution < 1.29 is 13.2 Å². The maximum absolute atomic E-state index is 12.4. The van der Waals surface area contributed by atoms with Crippen LogP contribution in [-0.2, 0) is 10.0 Å². The van der Waals surface area contributed by atoms with Crippen molar-refractivity contribution in [3.63, 3.8) is 0 Å². The van der Waals surface area contributed by atoms with Gasteiger partial charge in [-0.3, -0.25) is 4.79 Å². The Morgan fingerprint density at radius 3 is 2.57 bits per heavy atom. The molecule has 1 aliphatic carbocycles. The van der Waals surface area contributed by atoms with Gasteiger partial charge in [0.2, 0.25) is 15.9 Å². The van der Waals surface area contributed by atoms with Crippen molar-refractivity contribution in [2.75, 3.05) is 6.54 Å². The number of rotatable bonds is 6. The van der Waals surface area contributed by atoms with Gasteiger partial charge in [-0.05, 0) is 37.0 Å². The molecule has 1 amide bonds. The first kappa shape index (κ1) is 15.9. The molecule has 0 bridgehead atoms. The first-order valence-corrected chi connectivity index (χ1v) is 8.54. The van der Waals surface area contributed by atoms with Gasteiger partial charge in [-0.15, -0.1) is 0 Å². The second-order valence-electron chi connectivity index (χ2n) is 5.40. The summed E-state index contributed by atoms with van der Waals surface area (Å²) < 4.78 is 27.5. The lowest BCUT2D eigenvalue weighted by Gasteiger charge is -2.23. The van der Waals surface area contributed by atoms with Gasteiger partial charge in [0, 0.05) is 18.2 Å². The molecule has 0 heterocycles. The van der Waals surface area contributed by atoms with Crippen LogP contribution in [0.25, 0.3) is 0 Å². The van der Waals surface area contributed by atoms with E-state index in [1.807, 2.05) is 0 Å². The van der Waals surface area contributed by atoms with Crippen LogP contribution < -0.4 is 16.2 Å². The van der Waals surface area contributed by atoms with Crippen LogP contribution in [0.15, 0.2) is 29.2 Å². The van der Waals surface area contributed by atoms with Gasteiger partial charge in [-0.1, -0.05) is 18.9 Å². The third-order valence-corrected chi connectivity index (χ3v) is 5.45. The highest BCUT2D eigenvalue weighted by Gasteiger charge is 2.28. The molecule has 21 heavy (non-hydrogen) atoms. The Morgan fingerprint density at radius 1 is 1.33 bits per heavy atom. The monoisotopic (exact) mass is 311 g/mol. The molecule has 7 heteroatoms. The zero-order valence-electron chi connectivity index (χ0n) is 11.8. The second kappa shape index (κ2) is 6.55. The van der Waals surface area contributed by atoms with Crippen molar-refractivity contribution in [2.24, 2.45) is 17.4 Å². The Balaban J connectivity index is 2.20. The van der Waals surface area contributed by atoms with Crippen molar-refractivity contribution in [3.05, 3.63) is 29.8 Å². The van der Waals surface area contributed by atoms with E-state index in [0.29, 0.717) is 0 Å². The lowest BCUT2D eigenvalue weighted by Crippen LogP contribution is -2.44. The molecule has 1 unspecified atom stereocenters. The molecule has 1 aliphatic rings. The molecule has 1 aromatic carbocycles. The van der Waals surface area contributed by atoms with Crippen LogP contribution in [0.4, 0.5) is 0 Å². The highest BCUT2D eigenvalue weighted by molar-refractivity contribution is 7.89. The number of sulfonamides is 1. The summed E-state index contributed by atoms with van der Waals surface area (Å²) in [5, 5.41) is 0. The lowest BCUT2D eigenvalue weighted by molar-refractivity contribution is 0.1000. The van der Waals surface area contributed by atoms with Crippen LogP contribution in [0.2, 0.25) is 0 Å². The average Bonchev–Trinajstić information content (AvgIpc) is 2.99. The summed E-state index contributed by atoms with van der Waals surface area (Å²) in [6, 6.07) is 5.44. The molecule has 0 aliphatic heterocycles. The topological polar surface area (TPSA) is 115 Å². The van der Waals surface area contributed by atoms with E-state index < -0.39 is 15.9 Å². The Kier molecular flexibility index (Phi) is 4.97. The van der Waals surface area contributed by atoms with Gasteiger partial charge in [-0.2, -0.15) is 0 Å². The summed E-state index contributed by atoms with van der Waals surface area (Å²) in [7, 11) is -3.70. The zero-order chi connectivity index (χ0) is 15.5. The number of benzene rings is 1. The maximum atomic E-state index is 12.4. The van der Waals surface area contributed by atoms with Crippen LogP contribution >= 0.6 is 0 Å². The van der Waals surface area contributed by atoms with E-state index in [1.54, 1.807) is 0 Å². The SMILES string of the molecule is NCC(NS(=O)(=O)c1cccc(C(N)=O)c1)C1CCCC1. The molecule has 0 spiro atoms. The summed E-state index contributed by atoms with van der Waals surface area (Å²) in [6.45, 7) is 0.263. The summed E-state index contributed by atoms with van der Waals surface area (Å²) >= 11 is 0. The summed E-state index contributed by atoms with van der Waals surface area (Å²) in [6.07, 6.45) is 4.21. The van der Waals surface area contributed by atoms with Crippen LogP contribution in [0.1, 0.15) is 36.0 Å². The molecule has 2 rings (SSSR count). The normalized spacial score (nSPS) is 17.8. The van der Waals surface area contributed by atoms with Crippen molar-refractivity contribution >= 4 is 15.9 Å². The summed E-state index contributed by atoms with van der Waals surface area (Å²) in [5.74, 6) is -0.373. The standard InChI is InChI=1S/C14H21N3O3S/c15-9-13(10-4-1-2-5-10)17-21(19,20)12-7-3-6-11(8-12)14(16)18/h3,6-8,10,13,17H,1-2,4-5,9,15H2,(H2,16,18). The Hall–Kier alpha value is -1.44. The van der Waals surface area contributed by atoms with Gasteiger partial charge in [0.15, 0.2) is 0 Å². The summed E-state index contributed by atoms with van der Waals surface area (Å²) in [5.41, 5.74) is 11.1. The van der Waals surface area contributed by atoms with E-state index >= 15 is 0 Å². The van der Waals surface area contributed by atoms with E-state index in [4.69, 9.17) is 11.5 Å². The minimum absolute atomic E-state index is 0.0373. The number of amides is 1. The third kappa shape index (κ3) is 3.81. The Labute approximate surface area is 124 Å². The molecule has 0 aromatic heterocycles. The largest absolute Gasteiger partial charge is 0.366 e. The maximum Gasteiger partial charge on any atom is 0.248 e. The molecule has 5 N–H and O–H groups in total. The fourth-order valence-electron chi connectivity index (χ4n) is 2.78. The molecule has 0 radical (unpaired) electrons. The van der Waals surface area contributed by atoms with E-state index in [2.05, 4.69) is 4.72 Å². The molecule has 116 valence electrons. The molecule has 0 saturated heterocycles. The Bertz CT molecular complexity index is 610. The van der Waals surface area contributed by atoms with Crippen LogP contribution in [0.3, 0.4) is 0 Å². The van der Waals surface area contributed by atoms with Gasteiger partial charge < -0.3 is 11.5 Å². The van der Waals surface area contributed by atoms with Gasteiger partial charge in [0.25, 0.3) is 0 Å². The molecule has 1 atom stereocenters. The van der Waals surface area contributed by atoms with Crippen molar-refractivity contribution in [1.29, 1.82) is 0 Å². The van der Waals surface area contributed by atoms with Gasteiger partial charge in [0.05, 0.1) is 4.90 Å². The number of hydrogen-bond donors (Lipinski definition) is 3. The highest BCUT2D eigenvalue weighted by Crippen LogP contribution is 2.28. The molecule has 1 aromatic rings. The lowest BCUT2D eigenvalue weighted by atomic mass is 9.99. The van der Waals surface area contributed by atoms with E-state index in [1.165, 1.54) is 24.3 Å². The quantitative estimate of drug-likeness (QED) is 0.712. The molecule has 1 fully saturated rings. The predicted molar refractivity (Wildman–Crippen MR) is 80.1 cm³/mol. The number of nitrogens with one attached hydrogen (secondary N) is 1. The number of primary amides is 1. The van der Waals surface area contributed by atoms with Gasteiger partial charge in [-0.25, -0.2) is 13.1 Å². The van der Waals surface area contributed by atoms with E-state index in [-0.39, 0.29) is 29.0 Å². The first-order valence-electron chi connectivity index (χ1n) is 7.06. The number of nitrogens with two attached hydrogens (primary N) is 2. The first-order chi connectivity index (χ1) is 9.94. The van der Waals surface area contributed by atoms with Gasteiger partial charge >= 0.3 is 0 Å². The van der Waals surface area contributed by atoms with E-state index in [0.717, 1.165) is 25.7 Å². The Morgan fingerprint density at radius 2 is 2.00 bits per heavy atom. The van der Waals surface area contributed by atoms with Crippen molar-refractivity contribution in [1.82, 2.24) is 4.72 Å². The molecule has 1 saturated carbocycles. The third-order valence-electron chi connectivity index (χ3n) is 3.96.